The lowest BCUT2D eigenvalue weighted by molar-refractivity contribution is 0.0955. The number of nitrogens with one attached hydrogen (secondary N) is 3. The van der Waals surface area contributed by atoms with Crippen LogP contribution >= 0.6 is 11.3 Å². The quantitative estimate of drug-likeness (QED) is 0.323. The van der Waals surface area contributed by atoms with Gasteiger partial charge in [-0.15, -0.1) is 11.3 Å². The lowest BCUT2D eigenvalue weighted by Crippen LogP contribution is -2.38. The average molecular weight is 500 g/mol. The second-order valence-corrected chi connectivity index (χ2v) is 9.95. The zero-order chi connectivity index (χ0) is 24.6. The third-order valence-electron chi connectivity index (χ3n) is 6.51. The zero-order valence-electron chi connectivity index (χ0n) is 19.7. The first-order chi connectivity index (χ1) is 17.6. The van der Waals surface area contributed by atoms with Crippen molar-refractivity contribution in [3.63, 3.8) is 0 Å². The average Bonchev–Trinajstić information content (AvgIpc) is 3.53. The Balaban J connectivity index is 1.32. The van der Waals surface area contributed by atoms with Gasteiger partial charge in [-0.3, -0.25) is 9.69 Å². The number of carbonyl (C=O) groups is 2. The summed E-state index contributed by atoms with van der Waals surface area (Å²) in [7, 11) is 0. The molecule has 6 rings (SSSR count). The molecule has 2 aromatic heterocycles. The van der Waals surface area contributed by atoms with Crippen LogP contribution in [0.1, 0.15) is 28.1 Å². The summed E-state index contributed by atoms with van der Waals surface area (Å²) in [5.74, 6) is 1.24. The topological polar surface area (TPSA) is 95.6 Å². The van der Waals surface area contributed by atoms with E-state index >= 15 is 0 Å². The molecule has 9 heteroatoms. The minimum atomic E-state index is -0.320. The number of benzene rings is 2. The van der Waals surface area contributed by atoms with E-state index < -0.39 is 0 Å². The number of ether oxygens (including phenoxy) is 1. The number of pyridine rings is 1. The maximum Gasteiger partial charge on any atom is 0.331 e. The molecular weight excluding hydrogens is 474 g/mol. The number of aromatic nitrogens is 1. The van der Waals surface area contributed by atoms with Crippen LogP contribution in [0.25, 0.3) is 10.2 Å². The van der Waals surface area contributed by atoms with Gasteiger partial charge in [0.15, 0.2) is 0 Å². The number of rotatable bonds is 6. The Morgan fingerprint density at radius 1 is 1.17 bits per heavy atom. The summed E-state index contributed by atoms with van der Waals surface area (Å²) in [6.07, 6.45) is 3.84. The number of hydrogen-bond acceptors (Lipinski definition) is 6. The molecule has 1 atom stereocenters. The molecule has 1 saturated heterocycles. The molecule has 4 heterocycles. The van der Waals surface area contributed by atoms with Crippen molar-refractivity contribution < 1.29 is 14.3 Å². The molecule has 0 bridgehead atoms. The van der Waals surface area contributed by atoms with Gasteiger partial charge >= 0.3 is 6.03 Å². The predicted octanol–water partition coefficient (Wildman–Crippen LogP) is 5.56. The number of aryl methyl sites for hydroxylation is 1. The molecule has 2 aliphatic heterocycles. The van der Waals surface area contributed by atoms with Crippen LogP contribution in [0, 0.1) is 6.92 Å². The van der Waals surface area contributed by atoms with Gasteiger partial charge in [0.25, 0.3) is 5.91 Å². The summed E-state index contributed by atoms with van der Waals surface area (Å²) in [4.78, 5) is 33.7. The van der Waals surface area contributed by atoms with Crippen molar-refractivity contribution in [1.82, 2.24) is 15.6 Å². The van der Waals surface area contributed by atoms with Crippen molar-refractivity contribution >= 4 is 50.6 Å². The SMILES string of the molecule is Cc1cc(Oc2ccccc2)ccc1N1C(=O)Nc2c(C(=O)NC[C@@H]3CCCN3)sc3nccc1c23. The van der Waals surface area contributed by atoms with E-state index in [-0.39, 0.29) is 18.0 Å². The van der Waals surface area contributed by atoms with Gasteiger partial charge in [-0.2, -0.15) is 0 Å². The molecule has 0 unspecified atom stereocenters. The maximum atomic E-state index is 13.4. The normalized spacial score (nSPS) is 16.8. The van der Waals surface area contributed by atoms with Gasteiger partial charge in [0, 0.05) is 18.8 Å². The number of para-hydroxylation sites is 1. The van der Waals surface area contributed by atoms with Crippen LogP contribution in [0.15, 0.2) is 60.8 Å². The van der Waals surface area contributed by atoms with Crippen molar-refractivity contribution in [1.29, 1.82) is 0 Å². The Morgan fingerprint density at radius 3 is 2.81 bits per heavy atom. The number of anilines is 3. The zero-order valence-corrected chi connectivity index (χ0v) is 20.5. The minimum Gasteiger partial charge on any atom is -0.457 e. The third kappa shape index (κ3) is 4.06. The molecule has 36 heavy (non-hydrogen) atoms. The van der Waals surface area contributed by atoms with Crippen LogP contribution in [-0.2, 0) is 0 Å². The van der Waals surface area contributed by atoms with Gasteiger partial charge in [0.05, 0.1) is 22.4 Å². The fourth-order valence-electron chi connectivity index (χ4n) is 4.78. The van der Waals surface area contributed by atoms with E-state index in [0.717, 1.165) is 41.8 Å². The van der Waals surface area contributed by atoms with Gasteiger partial charge in [-0.1, -0.05) is 18.2 Å². The highest BCUT2D eigenvalue weighted by molar-refractivity contribution is 7.21. The predicted molar refractivity (Wildman–Crippen MR) is 142 cm³/mol. The summed E-state index contributed by atoms with van der Waals surface area (Å²) in [6, 6.07) is 17.0. The summed E-state index contributed by atoms with van der Waals surface area (Å²) >= 11 is 1.30. The van der Waals surface area contributed by atoms with E-state index in [1.165, 1.54) is 11.3 Å². The van der Waals surface area contributed by atoms with Gasteiger partial charge in [-0.05, 0) is 68.3 Å². The molecule has 0 saturated carbocycles. The van der Waals surface area contributed by atoms with E-state index in [1.807, 2.05) is 61.5 Å². The molecule has 0 aliphatic carbocycles. The van der Waals surface area contributed by atoms with Crippen LogP contribution in [0.5, 0.6) is 11.5 Å². The van der Waals surface area contributed by atoms with Gasteiger partial charge in [0.2, 0.25) is 0 Å². The minimum absolute atomic E-state index is 0.194. The number of urea groups is 1. The molecule has 3 amide bonds. The van der Waals surface area contributed by atoms with Crippen LogP contribution in [0.3, 0.4) is 0 Å². The molecule has 2 aliphatic rings. The van der Waals surface area contributed by atoms with Gasteiger partial charge in [0.1, 0.15) is 21.2 Å². The van der Waals surface area contributed by atoms with Crippen molar-refractivity contribution in [2.45, 2.75) is 25.8 Å². The van der Waals surface area contributed by atoms with Crippen molar-refractivity contribution in [3.8, 4) is 11.5 Å². The largest absolute Gasteiger partial charge is 0.457 e. The molecule has 4 aromatic rings. The standard InChI is InChI=1S/C27H25N5O3S/c1-16-14-19(35-18-7-3-2-4-8-18)9-10-20(16)32-21-11-13-29-26-22(21)23(31-27(32)34)24(36-26)25(33)30-15-17-6-5-12-28-17/h2-4,7-11,13-14,17,28H,5-6,12,15H2,1H3,(H,30,33)(H,31,34)/t17-/m0/s1. The first kappa shape index (κ1) is 22.5. The van der Waals surface area contributed by atoms with Gasteiger partial charge in [-0.25, -0.2) is 9.78 Å². The Morgan fingerprint density at radius 2 is 2.03 bits per heavy atom. The van der Waals surface area contributed by atoms with E-state index in [9.17, 15) is 9.59 Å². The molecule has 182 valence electrons. The second-order valence-electron chi connectivity index (χ2n) is 8.95. The Hall–Kier alpha value is -3.95. The summed E-state index contributed by atoms with van der Waals surface area (Å²) in [5, 5.41) is 10.1. The van der Waals surface area contributed by atoms with Crippen molar-refractivity contribution in [3.05, 3.63) is 71.2 Å². The van der Waals surface area contributed by atoms with E-state index in [4.69, 9.17) is 4.74 Å². The third-order valence-corrected chi connectivity index (χ3v) is 7.61. The Bertz CT molecular complexity index is 1460. The molecule has 0 radical (unpaired) electrons. The van der Waals surface area contributed by atoms with Crippen LogP contribution < -0.4 is 25.6 Å². The Labute approximate surface area is 212 Å². The lowest BCUT2D eigenvalue weighted by atomic mass is 10.1. The van der Waals surface area contributed by atoms with Gasteiger partial charge < -0.3 is 20.7 Å². The highest BCUT2D eigenvalue weighted by Crippen LogP contribution is 2.46. The molecule has 3 N–H and O–H groups in total. The van der Waals surface area contributed by atoms with Crippen molar-refractivity contribution in [2.24, 2.45) is 0 Å². The molecule has 0 spiro atoms. The number of amides is 3. The molecule has 1 fully saturated rings. The summed E-state index contributed by atoms with van der Waals surface area (Å²) in [5.41, 5.74) is 2.84. The fraction of sp³-hybridized carbons (Fsp3) is 0.222. The van der Waals surface area contributed by atoms with E-state index in [1.54, 1.807) is 11.1 Å². The highest BCUT2D eigenvalue weighted by atomic mass is 32.1. The highest BCUT2D eigenvalue weighted by Gasteiger charge is 2.33. The molecule has 2 aromatic carbocycles. The Kier molecular flexibility index (Phi) is 5.79. The second kappa shape index (κ2) is 9.25. The molecule has 8 nitrogen and oxygen atoms in total. The van der Waals surface area contributed by atoms with Crippen LogP contribution in [0.2, 0.25) is 0 Å². The monoisotopic (exact) mass is 499 g/mol. The first-order valence-electron chi connectivity index (χ1n) is 12.0. The number of thiophene rings is 1. The fourth-order valence-corrected chi connectivity index (χ4v) is 5.81. The summed E-state index contributed by atoms with van der Waals surface area (Å²) < 4.78 is 5.96. The van der Waals surface area contributed by atoms with Crippen LogP contribution in [0.4, 0.5) is 21.9 Å². The maximum absolute atomic E-state index is 13.4. The number of hydrogen-bond donors (Lipinski definition) is 3. The van der Waals surface area contributed by atoms with Crippen molar-refractivity contribution in [2.75, 3.05) is 23.3 Å². The summed E-state index contributed by atoms with van der Waals surface area (Å²) in [6.45, 7) is 3.48. The number of nitrogens with zero attached hydrogens (tertiary/aromatic N) is 2. The number of carbonyl (C=O) groups excluding carboxylic acids is 2. The van der Waals surface area contributed by atoms with E-state index in [2.05, 4.69) is 20.9 Å². The smallest absolute Gasteiger partial charge is 0.331 e. The first-order valence-corrected chi connectivity index (χ1v) is 12.8. The lowest BCUT2D eigenvalue weighted by Gasteiger charge is -2.29. The van der Waals surface area contributed by atoms with Crippen LogP contribution in [-0.4, -0.2) is 36.1 Å². The van der Waals surface area contributed by atoms with E-state index in [0.29, 0.717) is 33.4 Å². The molecular formula is C27H25N5O3S.